The van der Waals surface area contributed by atoms with Crippen LogP contribution < -0.4 is 5.32 Å². The molecule has 1 atom stereocenters. The van der Waals surface area contributed by atoms with Crippen molar-refractivity contribution in [3.8, 4) is 0 Å². The zero-order chi connectivity index (χ0) is 16.9. The van der Waals surface area contributed by atoms with Crippen LogP contribution in [0.15, 0.2) is 42.6 Å². The molecule has 0 spiro atoms. The minimum atomic E-state index is -0.231. The number of amides is 2. The fourth-order valence-corrected chi connectivity index (χ4v) is 3.13. The quantitative estimate of drug-likeness (QED) is 0.916. The fourth-order valence-electron chi connectivity index (χ4n) is 3.13. The molecule has 0 saturated heterocycles. The molecule has 0 unspecified atom stereocenters. The summed E-state index contributed by atoms with van der Waals surface area (Å²) in [6, 6.07) is 11.5. The predicted molar refractivity (Wildman–Crippen MR) is 94.1 cm³/mol. The number of hydrogen-bond donors (Lipinski definition) is 1. The number of ether oxygens (including phenoxy) is 1. The van der Waals surface area contributed by atoms with E-state index in [4.69, 9.17) is 4.74 Å². The van der Waals surface area contributed by atoms with Crippen molar-refractivity contribution in [2.24, 2.45) is 0 Å². The lowest BCUT2D eigenvalue weighted by Crippen LogP contribution is -2.37. The van der Waals surface area contributed by atoms with Crippen LogP contribution in [0.4, 0.5) is 10.5 Å². The molecule has 5 nitrogen and oxygen atoms in total. The molecular formula is C19H23N3O2. The lowest BCUT2D eigenvalue weighted by Gasteiger charge is -2.27. The van der Waals surface area contributed by atoms with Crippen molar-refractivity contribution in [1.29, 1.82) is 0 Å². The summed E-state index contributed by atoms with van der Waals surface area (Å²) in [6.07, 6.45) is 5.15. The van der Waals surface area contributed by atoms with Crippen molar-refractivity contribution in [1.82, 2.24) is 9.88 Å². The van der Waals surface area contributed by atoms with Crippen LogP contribution in [0.2, 0.25) is 0 Å². The van der Waals surface area contributed by atoms with E-state index in [1.165, 1.54) is 17.5 Å². The number of aryl methyl sites for hydroxylation is 2. The average Bonchev–Trinajstić information content (AvgIpc) is 3.07. The molecule has 1 aromatic carbocycles. The molecule has 2 amide bonds. The van der Waals surface area contributed by atoms with Crippen molar-refractivity contribution in [2.45, 2.75) is 25.3 Å². The smallest absolute Gasteiger partial charge is 0.322 e. The maximum Gasteiger partial charge on any atom is 0.322 e. The van der Waals surface area contributed by atoms with E-state index < -0.39 is 0 Å². The van der Waals surface area contributed by atoms with E-state index in [1.807, 2.05) is 24.3 Å². The Morgan fingerprint density at radius 3 is 2.88 bits per heavy atom. The summed E-state index contributed by atoms with van der Waals surface area (Å²) in [7, 11) is 3.39. The standard InChI is InChI=1S/C19H23N3O2/c1-22(18(13-24-2)17-8-3-4-11-20-17)19(23)21-16-10-9-14-6-5-7-15(14)12-16/h3-4,8-12,18H,5-7,13H2,1-2H3,(H,21,23)/t18-/m0/s1. The first-order valence-electron chi connectivity index (χ1n) is 8.24. The van der Waals surface area contributed by atoms with E-state index in [9.17, 15) is 4.79 Å². The van der Waals surface area contributed by atoms with Gasteiger partial charge in [-0.05, 0) is 54.7 Å². The van der Waals surface area contributed by atoms with Gasteiger partial charge in [0, 0.05) is 26.0 Å². The zero-order valence-corrected chi connectivity index (χ0v) is 14.2. The molecule has 126 valence electrons. The monoisotopic (exact) mass is 325 g/mol. The molecule has 0 fully saturated rings. The molecule has 2 aromatic rings. The van der Waals surface area contributed by atoms with Crippen LogP contribution in [0.5, 0.6) is 0 Å². The highest BCUT2D eigenvalue weighted by atomic mass is 16.5. The number of methoxy groups -OCH3 is 1. The molecule has 1 aliphatic rings. The van der Waals surface area contributed by atoms with E-state index >= 15 is 0 Å². The van der Waals surface area contributed by atoms with Gasteiger partial charge in [-0.25, -0.2) is 4.79 Å². The summed E-state index contributed by atoms with van der Waals surface area (Å²) in [4.78, 5) is 18.6. The third kappa shape index (κ3) is 3.57. The topological polar surface area (TPSA) is 54.5 Å². The van der Waals surface area contributed by atoms with Crippen molar-refractivity contribution in [2.75, 3.05) is 26.1 Å². The minimum Gasteiger partial charge on any atom is -0.382 e. The molecule has 1 heterocycles. The minimum absolute atomic E-state index is 0.166. The highest BCUT2D eigenvalue weighted by molar-refractivity contribution is 5.89. The first-order valence-corrected chi connectivity index (χ1v) is 8.24. The Morgan fingerprint density at radius 2 is 2.12 bits per heavy atom. The van der Waals surface area contributed by atoms with Crippen molar-refractivity contribution in [3.05, 3.63) is 59.4 Å². The number of benzene rings is 1. The Labute approximate surface area is 142 Å². The van der Waals surface area contributed by atoms with Gasteiger partial charge >= 0.3 is 6.03 Å². The molecule has 5 heteroatoms. The summed E-state index contributed by atoms with van der Waals surface area (Å²) in [5.74, 6) is 0. The van der Waals surface area contributed by atoms with Crippen LogP contribution >= 0.6 is 0 Å². The number of nitrogens with one attached hydrogen (secondary N) is 1. The molecule has 1 N–H and O–H groups in total. The second kappa shape index (κ2) is 7.45. The van der Waals surface area contributed by atoms with Gasteiger partial charge in [-0.1, -0.05) is 12.1 Å². The number of fused-ring (bicyclic) bond motifs is 1. The Kier molecular flexibility index (Phi) is 5.11. The lowest BCUT2D eigenvalue weighted by atomic mass is 10.1. The lowest BCUT2D eigenvalue weighted by molar-refractivity contribution is 0.119. The van der Waals surface area contributed by atoms with Gasteiger partial charge in [0.1, 0.15) is 0 Å². The maximum absolute atomic E-state index is 12.6. The second-order valence-electron chi connectivity index (χ2n) is 6.10. The molecular weight excluding hydrogens is 302 g/mol. The van der Waals surface area contributed by atoms with Crippen molar-refractivity contribution in [3.63, 3.8) is 0 Å². The van der Waals surface area contributed by atoms with Crippen LogP contribution in [0.3, 0.4) is 0 Å². The summed E-state index contributed by atoms with van der Waals surface area (Å²) in [6.45, 7) is 0.394. The van der Waals surface area contributed by atoms with Gasteiger partial charge in [0.25, 0.3) is 0 Å². The van der Waals surface area contributed by atoms with Gasteiger partial charge in [0.2, 0.25) is 0 Å². The van der Waals surface area contributed by atoms with E-state index in [0.717, 1.165) is 24.2 Å². The largest absolute Gasteiger partial charge is 0.382 e. The summed E-state index contributed by atoms with van der Waals surface area (Å²) in [5.41, 5.74) is 4.39. The molecule has 3 rings (SSSR count). The Bertz CT molecular complexity index is 703. The van der Waals surface area contributed by atoms with Crippen molar-refractivity contribution >= 4 is 11.7 Å². The third-order valence-electron chi connectivity index (χ3n) is 4.49. The molecule has 1 aliphatic carbocycles. The SMILES string of the molecule is COC[C@@H](c1ccccn1)N(C)C(=O)Nc1ccc2c(c1)CCC2. The number of carbonyl (C=O) groups is 1. The van der Waals surface area contributed by atoms with Gasteiger partial charge in [-0.3, -0.25) is 4.98 Å². The van der Waals surface area contributed by atoms with E-state index in [1.54, 1.807) is 25.3 Å². The van der Waals surface area contributed by atoms with Gasteiger partial charge < -0.3 is 15.0 Å². The third-order valence-corrected chi connectivity index (χ3v) is 4.49. The summed E-state index contributed by atoms with van der Waals surface area (Å²) < 4.78 is 5.28. The number of rotatable bonds is 5. The Hall–Kier alpha value is -2.40. The molecule has 24 heavy (non-hydrogen) atoms. The number of anilines is 1. The van der Waals surface area contributed by atoms with E-state index in [0.29, 0.717) is 6.61 Å². The number of pyridine rings is 1. The zero-order valence-electron chi connectivity index (χ0n) is 14.2. The normalized spacial score (nSPS) is 14.1. The molecule has 0 aliphatic heterocycles. The second-order valence-corrected chi connectivity index (χ2v) is 6.10. The van der Waals surface area contributed by atoms with Crippen LogP contribution in [-0.4, -0.2) is 36.7 Å². The number of likely N-dealkylation sites (N-methyl/N-ethyl adjacent to an activating group) is 1. The van der Waals surface area contributed by atoms with Crippen LogP contribution in [0.25, 0.3) is 0 Å². The first kappa shape index (κ1) is 16.5. The summed E-state index contributed by atoms with van der Waals surface area (Å²) >= 11 is 0. The molecule has 1 aromatic heterocycles. The molecule has 0 bridgehead atoms. The summed E-state index contributed by atoms with van der Waals surface area (Å²) in [5, 5.41) is 2.98. The first-order chi connectivity index (χ1) is 11.7. The number of urea groups is 1. The van der Waals surface area contributed by atoms with Crippen LogP contribution in [-0.2, 0) is 17.6 Å². The maximum atomic E-state index is 12.6. The van der Waals surface area contributed by atoms with Gasteiger partial charge in [-0.15, -0.1) is 0 Å². The van der Waals surface area contributed by atoms with Gasteiger partial charge in [0.15, 0.2) is 0 Å². The van der Waals surface area contributed by atoms with Crippen molar-refractivity contribution < 1.29 is 9.53 Å². The number of nitrogens with zero attached hydrogens (tertiary/aromatic N) is 2. The van der Waals surface area contributed by atoms with Gasteiger partial charge in [-0.2, -0.15) is 0 Å². The van der Waals surface area contributed by atoms with Crippen LogP contribution in [0.1, 0.15) is 29.3 Å². The van der Waals surface area contributed by atoms with Gasteiger partial charge in [0.05, 0.1) is 18.3 Å². The van der Waals surface area contributed by atoms with E-state index in [-0.39, 0.29) is 12.1 Å². The molecule has 0 saturated carbocycles. The van der Waals surface area contributed by atoms with E-state index in [2.05, 4.69) is 22.4 Å². The fraction of sp³-hybridized carbons (Fsp3) is 0.368. The molecule has 0 radical (unpaired) electrons. The highest BCUT2D eigenvalue weighted by Crippen LogP contribution is 2.25. The Balaban J connectivity index is 1.73. The van der Waals surface area contributed by atoms with Crippen LogP contribution in [0, 0.1) is 0 Å². The number of carbonyl (C=O) groups excluding carboxylic acids is 1. The number of aromatic nitrogens is 1. The highest BCUT2D eigenvalue weighted by Gasteiger charge is 2.23. The average molecular weight is 325 g/mol. The predicted octanol–water partition coefficient (Wildman–Crippen LogP) is 3.42. The number of hydrogen-bond acceptors (Lipinski definition) is 3. The Morgan fingerprint density at radius 1 is 1.29 bits per heavy atom.